The molecule has 7 nitrogen and oxygen atoms in total. The fourth-order valence-electron chi connectivity index (χ4n) is 5.23. The molecule has 0 aliphatic carbocycles. The lowest BCUT2D eigenvalue weighted by Gasteiger charge is -2.30. The molecule has 1 N–H and O–H groups in total. The van der Waals surface area contributed by atoms with Crippen molar-refractivity contribution in [2.24, 2.45) is 0 Å². The summed E-state index contributed by atoms with van der Waals surface area (Å²) in [6.07, 6.45) is 4.25. The van der Waals surface area contributed by atoms with E-state index in [1.165, 1.54) is 5.56 Å². The Balaban J connectivity index is 1.58. The number of likely N-dealkylation sites (N-methyl/N-ethyl adjacent to an activating group) is 1. The van der Waals surface area contributed by atoms with Crippen molar-refractivity contribution in [2.45, 2.75) is 26.4 Å². The molecular weight excluding hydrogens is 444 g/mol. The average molecular weight is 476 g/mol. The number of aliphatic carboxylic acids is 1. The zero-order valence-corrected chi connectivity index (χ0v) is 20.6. The van der Waals surface area contributed by atoms with Crippen molar-refractivity contribution in [3.63, 3.8) is 0 Å². The Bertz CT molecular complexity index is 1290. The van der Waals surface area contributed by atoms with Crippen molar-refractivity contribution < 1.29 is 28.7 Å². The van der Waals surface area contributed by atoms with Crippen molar-refractivity contribution in [1.82, 2.24) is 0 Å². The molecule has 3 heterocycles. The molecule has 2 aromatic carbocycles. The second kappa shape index (κ2) is 8.98. The number of ether oxygens (including phenoxy) is 3. The minimum atomic E-state index is -0.858. The van der Waals surface area contributed by atoms with E-state index < -0.39 is 11.6 Å². The highest BCUT2D eigenvalue weighted by atomic mass is 16.5. The molecule has 1 unspecified atom stereocenters. The standard InChI is InChI=1S/C28H30N2O5/c1-5-29(17-26(31)32)20-8-7-19-15-21-24(35-25(19)16-20)10-11-30-23-9-6-18(2)14-22(23)28(3,27(21)30)34-13-12-33-4/h6-10,14-16H,5,11-13,17H2,1-4H3/p+1. The number of rotatable bonds is 8. The van der Waals surface area contributed by atoms with E-state index in [2.05, 4.69) is 48.8 Å². The number of carbonyl (C=O) groups is 1. The van der Waals surface area contributed by atoms with E-state index in [0.717, 1.165) is 45.3 Å². The van der Waals surface area contributed by atoms with E-state index in [0.29, 0.717) is 26.3 Å². The highest BCUT2D eigenvalue weighted by Crippen LogP contribution is 2.48. The van der Waals surface area contributed by atoms with Crippen LogP contribution in [-0.2, 0) is 19.9 Å². The van der Waals surface area contributed by atoms with Gasteiger partial charge in [-0.05, 0) is 45.0 Å². The Morgan fingerprint density at radius 1 is 1.23 bits per heavy atom. The molecule has 0 saturated heterocycles. The SMILES string of the molecule is CCN(CC(=O)O)c1ccc2c(c1)OC1=CC[N+]3=C(C1=C2)C(C)(OCCOC)c1cc(C)ccc13. The van der Waals surface area contributed by atoms with Gasteiger partial charge in [0.1, 0.15) is 18.1 Å². The third-order valence-corrected chi connectivity index (χ3v) is 6.93. The lowest BCUT2D eigenvalue weighted by atomic mass is 9.85. The third kappa shape index (κ3) is 3.94. The molecule has 182 valence electrons. The Morgan fingerprint density at radius 2 is 2.06 bits per heavy atom. The summed E-state index contributed by atoms with van der Waals surface area (Å²) in [6.45, 7) is 8.37. The normalized spacial score (nSPS) is 19.7. The molecule has 7 heteroatoms. The summed E-state index contributed by atoms with van der Waals surface area (Å²) in [6, 6.07) is 12.4. The van der Waals surface area contributed by atoms with Gasteiger partial charge in [0.05, 0.1) is 24.4 Å². The van der Waals surface area contributed by atoms with Gasteiger partial charge in [-0.1, -0.05) is 11.6 Å². The number of methoxy groups -OCH3 is 1. The van der Waals surface area contributed by atoms with E-state index in [1.54, 1.807) is 7.11 Å². The van der Waals surface area contributed by atoms with Gasteiger partial charge >= 0.3 is 5.97 Å². The van der Waals surface area contributed by atoms with E-state index in [-0.39, 0.29) is 6.54 Å². The second-order valence-electron chi connectivity index (χ2n) is 9.21. The van der Waals surface area contributed by atoms with Crippen LogP contribution in [0.2, 0.25) is 0 Å². The van der Waals surface area contributed by atoms with Gasteiger partial charge in [0, 0.05) is 43.1 Å². The van der Waals surface area contributed by atoms with Crippen LogP contribution in [0.15, 0.2) is 53.8 Å². The first-order chi connectivity index (χ1) is 16.9. The third-order valence-electron chi connectivity index (χ3n) is 6.93. The maximum atomic E-state index is 11.3. The average Bonchev–Trinajstić information content (AvgIpc) is 3.09. The number of aryl methyl sites for hydroxylation is 1. The second-order valence-corrected chi connectivity index (χ2v) is 9.21. The molecule has 0 amide bonds. The Morgan fingerprint density at radius 3 is 2.80 bits per heavy atom. The number of nitrogens with zero attached hydrogens (tertiary/aromatic N) is 2. The summed E-state index contributed by atoms with van der Waals surface area (Å²) in [5.41, 5.74) is 6.69. The molecule has 5 rings (SSSR count). The van der Waals surface area contributed by atoms with Crippen molar-refractivity contribution in [3.05, 3.63) is 70.5 Å². The van der Waals surface area contributed by atoms with Crippen LogP contribution in [0.25, 0.3) is 6.08 Å². The molecular formula is C28H31N2O5+. The van der Waals surface area contributed by atoms with Crippen LogP contribution in [0.1, 0.15) is 30.5 Å². The Labute approximate surface area is 205 Å². The maximum Gasteiger partial charge on any atom is 0.323 e. The summed E-state index contributed by atoms with van der Waals surface area (Å²) in [4.78, 5) is 13.1. The molecule has 0 spiro atoms. The molecule has 3 aliphatic heterocycles. The van der Waals surface area contributed by atoms with Gasteiger partial charge in [-0.2, -0.15) is 4.58 Å². The highest BCUT2D eigenvalue weighted by Gasteiger charge is 2.54. The minimum Gasteiger partial charge on any atom is -0.480 e. The van der Waals surface area contributed by atoms with Crippen LogP contribution in [0.5, 0.6) is 5.75 Å². The number of carboxylic acids is 1. The van der Waals surface area contributed by atoms with E-state index >= 15 is 0 Å². The van der Waals surface area contributed by atoms with Crippen LogP contribution in [0.3, 0.4) is 0 Å². The number of hydrogen-bond donors (Lipinski definition) is 1. The fourth-order valence-corrected chi connectivity index (χ4v) is 5.23. The number of carboxylic acid groups (broad SMARTS) is 1. The lowest BCUT2D eigenvalue weighted by molar-refractivity contribution is -0.428. The predicted octanol–water partition coefficient (Wildman–Crippen LogP) is 4.26. The van der Waals surface area contributed by atoms with Crippen LogP contribution in [0, 0.1) is 6.92 Å². The Hall–Kier alpha value is -3.42. The van der Waals surface area contributed by atoms with Crippen LogP contribution >= 0.6 is 0 Å². The molecule has 0 radical (unpaired) electrons. The molecule has 1 atom stereocenters. The van der Waals surface area contributed by atoms with Gasteiger partial charge in [0.25, 0.3) is 0 Å². The summed E-state index contributed by atoms with van der Waals surface area (Å²) in [7, 11) is 1.68. The van der Waals surface area contributed by atoms with Gasteiger partial charge in [-0.3, -0.25) is 4.79 Å². The highest BCUT2D eigenvalue weighted by molar-refractivity contribution is 6.13. The lowest BCUT2D eigenvalue weighted by Crippen LogP contribution is -2.40. The molecule has 0 saturated carbocycles. The molecule has 35 heavy (non-hydrogen) atoms. The van der Waals surface area contributed by atoms with Gasteiger partial charge in [-0.25, -0.2) is 0 Å². The first kappa shape index (κ1) is 23.3. The number of hydrogen-bond acceptors (Lipinski definition) is 5. The van der Waals surface area contributed by atoms with Crippen molar-refractivity contribution in [1.29, 1.82) is 0 Å². The van der Waals surface area contributed by atoms with Gasteiger partial charge in [0.2, 0.25) is 11.4 Å². The number of allylic oxidation sites excluding steroid dienone is 1. The number of fused-ring (bicyclic) bond motifs is 5. The zero-order valence-electron chi connectivity index (χ0n) is 20.6. The number of anilines is 1. The first-order valence-electron chi connectivity index (χ1n) is 12.0. The predicted molar refractivity (Wildman–Crippen MR) is 135 cm³/mol. The van der Waals surface area contributed by atoms with E-state index in [1.807, 2.05) is 30.0 Å². The quantitative estimate of drug-likeness (QED) is 0.455. The van der Waals surface area contributed by atoms with Crippen molar-refractivity contribution in [3.8, 4) is 5.75 Å². The van der Waals surface area contributed by atoms with Gasteiger partial charge in [-0.15, -0.1) is 0 Å². The molecule has 2 aromatic rings. The van der Waals surface area contributed by atoms with Crippen LogP contribution in [0.4, 0.5) is 11.4 Å². The number of benzene rings is 2. The smallest absolute Gasteiger partial charge is 0.323 e. The van der Waals surface area contributed by atoms with Crippen molar-refractivity contribution in [2.75, 3.05) is 44.9 Å². The molecule has 0 bridgehead atoms. The van der Waals surface area contributed by atoms with Gasteiger partial charge < -0.3 is 24.2 Å². The van der Waals surface area contributed by atoms with Crippen LogP contribution < -0.4 is 9.64 Å². The van der Waals surface area contributed by atoms with Crippen LogP contribution in [-0.4, -0.2) is 61.3 Å². The minimum absolute atomic E-state index is 0.0548. The zero-order chi connectivity index (χ0) is 24.7. The van der Waals surface area contributed by atoms with Crippen molar-refractivity contribution >= 4 is 29.1 Å². The summed E-state index contributed by atoms with van der Waals surface area (Å²) in [5, 5.41) is 9.26. The summed E-state index contributed by atoms with van der Waals surface area (Å²) >= 11 is 0. The summed E-state index contributed by atoms with van der Waals surface area (Å²) < 4.78 is 20.5. The van der Waals surface area contributed by atoms with E-state index in [4.69, 9.17) is 14.2 Å². The van der Waals surface area contributed by atoms with E-state index in [9.17, 15) is 9.90 Å². The fraction of sp³-hybridized carbons (Fsp3) is 0.357. The Kier molecular flexibility index (Phi) is 5.99. The molecule has 3 aliphatic rings. The summed E-state index contributed by atoms with van der Waals surface area (Å²) in [5.74, 6) is 0.667. The first-order valence-corrected chi connectivity index (χ1v) is 12.0. The monoisotopic (exact) mass is 475 g/mol. The maximum absolute atomic E-state index is 11.3. The topological polar surface area (TPSA) is 71.2 Å². The molecule has 0 fully saturated rings. The molecule has 0 aromatic heterocycles. The van der Waals surface area contributed by atoms with Gasteiger partial charge in [0.15, 0.2) is 12.1 Å². The largest absolute Gasteiger partial charge is 0.480 e.